The fraction of sp³-hybridized carbons (Fsp3) is 0.448. The molecular formula is C29H40N6O4. The lowest BCUT2D eigenvalue weighted by atomic mass is 10.1. The highest BCUT2D eigenvalue weighted by molar-refractivity contribution is 5.87. The van der Waals surface area contributed by atoms with Crippen LogP contribution in [0.1, 0.15) is 50.3 Å². The van der Waals surface area contributed by atoms with Gasteiger partial charge >= 0.3 is 5.76 Å². The first kappa shape index (κ1) is 29.6. The number of amides is 2. The topological polar surface area (TPSA) is 104 Å². The number of hydrogen-bond acceptors (Lipinski definition) is 7. The van der Waals surface area contributed by atoms with Crippen LogP contribution in [0.25, 0.3) is 11.5 Å². The predicted molar refractivity (Wildman–Crippen MR) is 152 cm³/mol. The number of hydrazine groups is 1. The molecule has 10 heteroatoms. The van der Waals surface area contributed by atoms with E-state index in [0.29, 0.717) is 30.9 Å². The van der Waals surface area contributed by atoms with Gasteiger partial charge in [-0.1, -0.05) is 57.5 Å². The van der Waals surface area contributed by atoms with Crippen molar-refractivity contribution in [2.24, 2.45) is 7.05 Å². The van der Waals surface area contributed by atoms with E-state index in [0.717, 1.165) is 29.5 Å². The van der Waals surface area contributed by atoms with E-state index < -0.39 is 5.76 Å². The van der Waals surface area contributed by atoms with Gasteiger partial charge in [0.15, 0.2) is 0 Å². The number of hydrogen-bond donors (Lipinski definition) is 1. The van der Waals surface area contributed by atoms with E-state index in [1.54, 1.807) is 17.0 Å². The summed E-state index contributed by atoms with van der Waals surface area (Å²) in [6.45, 7) is 5.96. The van der Waals surface area contributed by atoms with Crippen LogP contribution < -0.4 is 16.0 Å². The molecule has 0 spiro atoms. The van der Waals surface area contributed by atoms with Crippen LogP contribution >= 0.6 is 0 Å². The van der Waals surface area contributed by atoms with E-state index in [1.807, 2.05) is 42.3 Å². The molecule has 0 unspecified atom stereocenters. The first-order valence-electron chi connectivity index (χ1n) is 13.0. The summed E-state index contributed by atoms with van der Waals surface area (Å²) in [4.78, 5) is 40.0. The molecule has 2 aromatic carbocycles. The molecule has 1 aliphatic heterocycles. The van der Waals surface area contributed by atoms with Crippen molar-refractivity contribution in [2.75, 3.05) is 31.6 Å². The van der Waals surface area contributed by atoms with Crippen LogP contribution in [-0.2, 0) is 29.7 Å². The van der Waals surface area contributed by atoms with Crippen LogP contribution in [0.3, 0.4) is 0 Å². The van der Waals surface area contributed by atoms with Gasteiger partial charge in [-0.3, -0.25) is 14.6 Å². The second-order valence-electron chi connectivity index (χ2n) is 9.72. The van der Waals surface area contributed by atoms with Crippen LogP contribution in [-0.4, -0.2) is 58.3 Å². The van der Waals surface area contributed by atoms with Gasteiger partial charge in [0, 0.05) is 45.0 Å². The molecule has 0 bridgehead atoms. The second kappa shape index (κ2) is 13.2. The Hall–Kier alpha value is -3.92. The van der Waals surface area contributed by atoms with E-state index in [-0.39, 0.29) is 38.2 Å². The number of nitrogens with one attached hydrogen (secondary N) is 1. The minimum atomic E-state index is -0.561. The van der Waals surface area contributed by atoms with Crippen molar-refractivity contribution in [1.29, 1.82) is 0 Å². The fourth-order valence-corrected chi connectivity index (χ4v) is 4.55. The number of rotatable bonds is 11. The predicted octanol–water partition coefficient (Wildman–Crippen LogP) is 3.49. The molecule has 1 N–H and O–H groups in total. The average molecular weight is 537 g/mol. The van der Waals surface area contributed by atoms with Gasteiger partial charge in [0.05, 0.1) is 13.1 Å². The van der Waals surface area contributed by atoms with E-state index in [2.05, 4.69) is 29.5 Å². The Balaban J connectivity index is 0.00000420. The van der Waals surface area contributed by atoms with Crippen molar-refractivity contribution in [3.8, 4) is 11.5 Å². The maximum atomic E-state index is 13.5. The number of aromatic nitrogens is 2. The third-order valence-electron chi connectivity index (χ3n) is 6.86. The standard InChI is InChI=1S/C28H36N6O4.CH4/c1-5-6-9-14-29-25(35)18-33(19-26(36)32(4)34-16-22-10-7-8-11-23(22)17-34)24-15-21(13-12-20(24)2)27-30-31(3)28(37)38-27;/h7-8,10-13,15H,5-6,9,14,16-19H2,1-4H3,(H,29,35);1H4. The van der Waals surface area contributed by atoms with E-state index >= 15 is 0 Å². The van der Waals surface area contributed by atoms with Crippen LogP contribution in [0.15, 0.2) is 51.7 Å². The number of nitrogens with zero attached hydrogens (tertiary/aromatic N) is 5. The van der Waals surface area contributed by atoms with Crippen molar-refractivity contribution >= 4 is 17.5 Å². The lowest BCUT2D eigenvalue weighted by Crippen LogP contribution is -2.48. The zero-order valence-corrected chi connectivity index (χ0v) is 22.6. The monoisotopic (exact) mass is 536 g/mol. The molecule has 4 rings (SSSR count). The molecule has 3 aromatic rings. The Kier molecular flexibility index (Phi) is 10.1. The highest BCUT2D eigenvalue weighted by Gasteiger charge is 2.27. The molecule has 210 valence electrons. The third-order valence-corrected chi connectivity index (χ3v) is 6.86. The summed E-state index contributed by atoms with van der Waals surface area (Å²) in [5, 5.41) is 10.8. The van der Waals surface area contributed by atoms with Gasteiger partial charge in [-0.25, -0.2) is 9.80 Å². The second-order valence-corrected chi connectivity index (χ2v) is 9.72. The molecule has 2 amide bonds. The number of carbonyl (C=O) groups excluding carboxylic acids is 2. The van der Waals surface area contributed by atoms with Crippen LogP contribution in [0.5, 0.6) is 0 Å². The molecular weight excluding hydrogens is 496 g/mol. The molecule has 0 fully saturated rings. The average Bonchev–Trinajstić information content (AvgIpc) is 3.49. The van der Waals surface area contributed by atoms with E-state index in [9.17, 15) is 14.4 Å². The van der Waals surface area contributed by atoms with E-state index in [1.165, 1.54) is 18.2 Å². The van der Waals surface area contributed by atoms with Gasteiger partial charge in [-0.2, -0.15) is 4.68 Å². The number of likely N-dealkylation sites (N-methyl/N-ethyl adjacent to an activating group) is 1. The van der Waals surface area contributed by atoms with Gasteiger partial charge in [-0.15, -0.1) is 5.10 Å². The molecule has 2 heterocycles. The highest BCUT2D eigenvalue weighted by atomic mass is 16.4. The Morgan fingerprint density at radius 3 is 2.38 bits per heavy atom. The van der Waals surface area contributed by atoms with Crippen molar-refractivity contribution < 1.29 is 14.0 Å². The maximum absolute atomic E-state index is 13.5. The Bertz CT molecular complexity index is 1320. The number of anilines is 1. The van der Waals surface area contributed by atoms with Crippen molar-refractivity contribution in [2.45, 2.75) is 53.6 Å². The van der Waals surface area contributed by atoms with Gasteiger partial charge in [0.25, 0.3) is 5.91 Å². The van der Waals surface area contributed by atoms with E-state index in [4.69, 9.17) is 4.42 Å². The fourth-order valence-electron chi connectivity index (χ4n) is 4.55. The Morgan fingerprint density at radius 1 is 1.08 bits per heavy atom. The number of unbranched alkanes of at least 4 members (excludes halogenated alkanes) is 2. The molecule has 10 nitrogen and oxygen atoms in total. The van der Waals surface area contributed by atoms with Gasteiger partial charge < -0.3 is 14.6 Å². The first-order chi connectivity index (χ1) is 18.3. The summed E-state index contributed by atoms with van der Waals surface area (Å²) >= 11 is 0. The van der Waals surface area contributed by atoms with Gasteiger partial charge in [0.2, 0.25) is 11.8 Å². The number of fused-ring (bicyclic) bond motifs is 1. The minimum absolute atomic E-state index is 0. The summed E-state index contributed by atoms with van der Waals surface area (Å²) < 4.78 is 6.39. The molecule has 0 saturated carbocycles. The largest absolute Gasteiger partial charge is 0.437 e. The van der Waals surface area contributed by atoms with Gasteiger partial charge in [0.1, 0.15) is 0 Å². The first-order valence-corrected chi connectivity index (χ1v) is 13.0. The SMILES string of the molecule is C.CCCCCNC(=O)CN(CC(=O)N(C)N1Cc2ccccc2C1)c1cc(-c2nn(C)c(=O)o2)ccc1C. The zero-order valence-electron chi connectivity index (χ0n) is 22.6. The summed E-state index contributed by atoms with van der Waals surface area (Å²) in [6.07, 6.45) is 3.02. The van der Waals surface area contributed by atoms with Crippen molar-refractivity contribution in [3.63, 3.8) is 0 Å². The number of aryl methyl sites for hydroxylation is 2. The molecule has 1 aromatic heterocycles. The van der Waals surface area contributed by atoms with Crippen LogP contribution in [0.2, 0.25) is 0 Å². The lowest BCUT2D eigenvalue weighted by Gasteiger charge is -2.32. The van der Waals surface area contributed by atoms with Crippen molar-refractivity contribution in [3.05, 3.63) is 69.7 Å². The molecule has 39 heavy (non-hydrogen) atoms. The normalized spacial score (nSPS) is 12.5. The third kappa shape index (κ3) is 7.14. The minimum Gasteiger partial charge on any atom is -0.388 e. The zero-order chi connectivity index (χ0) is 27.2. The summed E-state index contributed by atoms with van der Waals surface area (Å²) in [6, 6.07) is 13.7. The molecule has 0 radical (unpaired) electrons. The summed E-state index contributed by atoms with van der Waals surface area (Å²) in [5.74, 6) is -0.667. The molecule has 0 saturated heterocycles. The smallest absolute Gasteiger partial charge is 0.388 e. The number of benzene rings is 2. The maximum Gasteiger partial charge on any atom is 0.437 e. The lowest BCUT2D eigenvalue weighted by molar-refractivity contribution is -0.145. The molecule has 1 aliphatic rings. The Labute approximate surface area is 230 Å². The van der Waals surface area contributed by atoms with Crippen molar-refractivity contribution in [1.82, 2.24) is 25.1 Å². The van der Waals surface area contributed by atoms with Crippen LogP contribution in [0, 0.1) is 6.92 Å². The molecule has 0 aliphatic carbocycles. The molecule has 0 atom stereocenters. The summed E-state index contributed by atoms with van der Waals surface area (Å²) in [5.41, 5.74) is 4.58. The quantitative estimate of drug-likeness (QED) is 0.374. The number of carbonyl (C=O) groups is 2. The summed E-state index contributed by atoms with van der Waals surface area (Å²) in [7, 11) is 3.29. The van der Waals surface area contributed by atoms with Crippen LogP contribution in [0.4, 0.5) is 5.69 Å². The Morgan fingerprint density at radius 2 is 1.77 bits per heavy atom. The highest BCUT2D eigenvalue weighted by Crippen LogP contribution is 2.28. The van der Waals surface area contributed by atoms with Gasteiger partial charge in [-0.05, 0) is 42.2 Å².